The molecule has 0 saturated carbocycles. The van der Waals surface area contributed by atoms with E-state index in [2.05, 4.69) is 4.58 Å². The smallest absolute Gasteiger partial charge is 0.239 e. The number of nitrogens with two attached hydrogens (primary N) is 1. The molecule has 0 aromatic carbocycles. The quantitative estimate of drug-likeness (QED) is 0.350. The highest BCUT2D eigenvalue weighted by molar-refractivity contribution is 5.72. The first-order valence-corrected chi connectivity index (χ1v) is 3.22. The Hall–Kier alpha value is -0.570. The molecule has 52 valence electrons. The molecule has 0 aromatic rings. The molecule has 0 amide bonds. The second-order valence-electron chi connectivity index (χ2n) is 2.24. The average molecular weight is 129 g/mol. The Kier molecular flexibility index (Phi) is 2.05. The van der Waals surface area contributed by atoms with Gasteiger partial charge in [0.1, 0.15) is 13.1 Å². The van der Waals surface area contributed by atoms with E-state index in [4.69, 9.17) is 10.5 Å². The predicted molar refractivity (Wildman–Crippen MR) is 35.7 cm³/mol. The fraction of sp³-hybridized carbons (Fsp3) is 0.833. The van der Waals surface area contributed by atoms with Gasteiger partial charge in [-0.05, 0) is 0 Å². The normalized spacial score (nSPS) is 19.9. The van der Waals surface area contributed by atoms with Crippen LogP contribution in [0.2, 0.25) is 0 Å². The van der Waals surface area contributed by atoms with E-state index in [0.29, 0.717) is 0 Å². The summed E-state index contributed by atoms with van der Waals surface area (Å²) in [6.07, 6.45) is 0. The molecular weight excluding hydrogens is 116 g/mol. The molecule has 1 heterocycles. The summed E-state index contributed by atoms with van der Waals surface area (Å²) in [7, 11) is 0. The van der Waals surface area contributed by atoms with Crippen molar-refractivity contribution in [2.24, 2.45) is 5.73 Å². The molecule has 0 spiro atoms. The standard InChI is InChI=1S/C6H12N2O/c1-6(7)8-2-4-9-5-3-8/h7H,2-5H2,1H3/p+1. The fourth-order valence-electron chi connectivity index (χ4n) is 0.916. The van der Waals surface area contributed by atoms with Gasteiger partial charge < -0.3 is 4.74 Å². The third-order valence-corrected chi connectivity index (χ3v) is 1.51. The van der Waals surface area contributed by atoms with Gasteiger partial charge in [0.15, 0.2) is 0 Å². The molecule has 0 aliphatic carbocycles. The lowest BCUT2D eigenvalue weighted by Gasteiger charge is -2.14. The van der Waals surface area contributed by atoms with Gasteiger partial charge in [-0.25, -0.2) is 0 Å². The number of amidine groups is 1. The molecule has 2 N–H and O–H groups in total. The van der Waals surface area contributed by atoms with Gasteiger partial charge >= 0.3 is 0 Å². The van der Waals surface area contributed by atoms with Gasteiger partial charge in [0, 0.05) is 6.92 Å². The molecule has 3 heteroatoms. The van der Waals surface area contributed by atoms with E-state index in [9.17, 15) is 0 Å². The molecule has 0 unspecified atom stereocenters. The average Bonchev–Trinajstić information content (AvgIpc) is 1.90. The molecule has 0 aromatic heterocycles. The third-order valence-electron chi connectivity index (χ3n) is 1.51. The number of nitrogens with zero attached hydrogens (tertiary/aromatic N) is 1. The van der Waals surface area contributed by atoms with Crippen LogP contribution in [0.25, 0.3) is 0 Å². The van der Waals surface area contributed by atoms with Crippen LogP contribution in [0.5, 0.6) is 0 Å². The first-order chi connectivity index (χ1) is 4.30. The molecule has 9 heavy (non-hydrogen) atoms. The molecule has 1 aliphatic heterocycles. The highest BCUT2D eigenvalue weighted by Crippen LogP contribution is 1.87. The van der Waals surface area contributed by atoms with Crippen LogP contribution in [-0.4, -0.2) is 36.7 Å². The highest BCUT2D eigenvalue weighted by atomic mass is 16.5. The lowest BCUT2D eigenvalue weighted by Crippen LogP contribution is -2.35. The minimum Gasteiger partial charge on any atom is -0.373 e. The Balaban J connectivity index is 2.49. The first-order valence-electron chi connectivity index (χ1n) is 3.22. The van der Waals surface area contributed by atoms with Crippen molar-refractivity contribution in [3.63, 3.8) is 0 Å². The summed E-state index contributed by atoms with van der Waals surface area (Å²) in [6, 6.07) is 0. The zero-order valence-electron chi connectivity index (χ0n) is 5.76. The molecule has 1 fully saturated rings. The number of hydrogen-bond donors (Lipinski definition) is 1. The summed E-state index contributed by atoms with van der Waals surface area (Å²) < 4.78 is 7.27. The van der Waals surface area contributed by atoms with Crippen LogP contribution in [0, 0.1) is 0 Å². The Morgan fingerprint density at radius 3 is 2.33 bits per heavy atom. The summed E-state index contributed by atoms with van der Waals surface area (Å²) in [5, 5.41) is 0. The monoisotopic (exact) mass is 129 g/mol. The fourth-order valence-corrected chi connectivity index (χ4v) is 0.916. The Labute approximate surface area is 55.1 Å². The lowest BCUT2D eigenvalue weighted by atomic mass is 10.5. The SMILES string of the molecule is CC(N)=[N+]1CCOCC1. The summed E-state index contributed by atoms with van der Waals surface area (Å²) in [6.45, 7) is 5.44. The highest BCUT2D eigenvalue weighted by Gasteiger charge is 2.08. The minimum atomic E-state index is 0.814. The predicted octanol–water partition coefficient (Wildman–Crippen LogP) is -0.594. The van der Waals surface area contributed by atoms with Crippen molar-refractivity contribution in [1.29, 1.82) is 0 Å². The van der Waals surface area contributed by atoms with Gasteiger partial charge in [0.05, 0.1) is 13.2 Å². The van der Waals surface area contributed by atoms with Gasteiger partial charge in [-0.3, -0.25) is 10.3 Å². The van der Waals surface area contributed by atoms with Crippen molar-refractivity contribution in [3.8, 4) is 0 Å². The molecule has 0 atom stereocenters. The number of ether oxygens (including phenoxy) is 1. The summed E-state index contributed by atoms with van der Waals surface area (Å²) in [5.74, 6) is 0.901. The minimum absolute atomic E-state index is 0.814. The Morgan fingerprint density at radius 1 is 1.44 bits per heavy atom. The molecule has 0 radical (unpaired) electrons. The van der Waals surface area contributed by atoms with Crippen molar-refractivity contribution in [1.82, 2.24) is 0 Å². The third kappa shape index (κ3) is 1.68. The van der Waals surface area contributed by atoms with Gasteiger partial charge in [-0.1, -0.05) is 0 Å². The Bertz CT molecular complexity index is 119. The van der Waals surface area contributed by atoms with Gasteiger partial charge in [0.2, 0.25) is 5.84 Å². The van der Waals surface area contributed by atoms with E-state index in [0.717, 1.165) is 32.1 Å². The molecule has 1 saturated heterocycles. The molecule has 3 nitrogen and oxygen atoms in total. The van der Waals surface area contributed by atoms with E-state index in [-0.39, 0.29) is 0 Å². The summed E-state index contributed by atoms with van der Waals surface area (Å²) >= 11 is 0. The van der Waals surface area contributed by atoms with Gasteiger partial charge in [-0.15, -0.1) is 0 Å². The van der Waals surface area contributed by atoms with Crippen LogP contribution >= 0.6 is 0 Å². The van der Waals surface area contributed by atoms with E-state index in [1.54, 1.807) is 0 Å². The molecular formula is C6H13N2O+. The van der Waals surface area contributed by atoms with Crippen LogP contribution in [0.1, 0.15) is 6.92 Å². The van der Waals surface area contributed by atoms with Crippen molar-refractivity contribution in [2.45, 2.75) is 6.92 Å². The molecule has 1 rings (SSSR count). The lowest BCUT2D eigenvalue weighted by molar-refractivity contribution is -0.550. The van der Waals surface area contributed by atoms with Crippen LogP contribution < -0.4 is 5.73 Å². The maximum Gasteiger partial charge on any atom is 0.239 e. The summed E-state index contributed by atoms with van der Waals surface area (Å²) in [4.78, 5) is 0. The first kappa shape index (κ1) is 6.55. The Morgan fingerprint density at radius 2 is 2.00 bits per heavy atom. The van der Waals surface area contributed by atoms with Crippen LogP contribution in [0.15, 0.2) is 0 Å². The van der Waals surface area contributed by atoms with Crippen LogP contribution in [0.3, 0.4) is 0 Å². The topological polar surface area (TPSA) is 38.3 Å². The zero-order valence-corrected chi connectivity index (χ0v) is 5.76. The van der Waals surface area contributed by atoms with Gasteiger partial charge in [-0.2, -0.15) is 0 Å². The number of morpholine rings is 1. The second-order valence-corrected chi connectivity index (χ2v) is 2.24. The maximum absolute atomic E-state index is 5.55. The van der Waals surface area contributed by atoms with Crippen LogP contribution in [-0.2, 0) is 4.74 Å². The van der Waals surface area contributed by atoms with E-state index in [1.807, 2.05) is 6.92 Å². The summed E-state index contributed by atoms with van der Waals surface area (Å²) in [5.41, 5.74) is 5.55. The molecule has 1 aliphatic rings. The van der Waals surface area contributed by atoms with Crippen molar-refractivity contribution < 1.29 is 9.31 Å². The van der Waals surface area contributed by atoms with E-state index < -0.39 is 0 Å². The largest absolute Gasteiger partial charge is 0.373 e. The van der Waals surface area contributed by atoms with Crippen molar-refractivity contribution in [2.75, 3.05) is 26.3 Å². The number of hydrogen-bond acceptors (Lipinski definition) is 1. The van der Waals surface area contributed by atoms with Crippen molar-refractivity contribution >= 4 is 5.84 Å². The van der Waals surface area contributed by atoms with E-state index >= 15 is 0 Å². The zero-order chi connectivity index (χ0) is 6.69. The van der Waals surface area contributed by atoms with Crippen molar-refractivity contribution in [3.05, 3.63) is 0 Å². The molecule has 0 bridgehead atoms. The van der Waals surface area contributed by atoms with Crippen LogP contribution in [0.4, 0.5) is 0 Å². The van der Waals surface area contributed by atoms with Gasteiger partial charge in [0.25, 0.3) is 0 Å². The van der Waals surface area contributed by atoms with E-state index in [1.165, 1.54) is 0 Å². The maximum atomic E-state index is 5.55. The second kappa shape index (κ2) is 2.82. The number of rotatable bonds is 0.